The molecule has 0 saturated carbocycles. The van der Waals surface area contributed by atoms with Crippen LogP contribution in [0.2, 0.25) is 0 Å². The van der Waals surface area contributed by atoms with E-state index in [9.17, 15) is 13.2 Å². The summed E-state index contributed by atoms with van der Waals surface area (Å²) in [5.74, 6) is -0.0883. The average Bonchev–Trinajstić information content (AvgIpc) is 2.37. The van der Waals surface area contributed by atoms with E-state index in [0.717, 1.165) is 25.9 Å². The van der Waals surface area contributed by atoms with Gasteiger partial charge in [0.1, 0.15) is 0 Å². The second-order valence-electron chi connectivity index (χ2n) is 4.91. The lowest BCUT2D eigenvalue weighted by molar-refractivity contribution is -0.133. The first kappa shape index (κ1) is 16.4. The van der Waals surface area contributed by atoms with Crippen LogP contribution in [0.5, 0.6) is 0 Å². The van der Waals surface area contributed by atoms with E-state index in [4.69, 9.17) is 0 Å². The number of likely N-dealkylation sites (N-methyl/N-ethyl adjacent to an activating group) is 1. The van der Waals surface area contributed by atoms with E-state index in [1.54, 1.807) is 4.90 Å². The van der Waals surface area contributed by atoms with Gasteiger partial charge in [-0.3, -0.25) is 4.79 Å². The third kappa shape index (κ3) is 5.08. The van der Waals surface area contributed by atoms with Gasteiger partial charge in [0.15, 0.2) is 0 Å². The molecule has 6 nitrogen and oxygen atoms in total. The van der Waals surface area contributed by atoms with Gasteiger partial charge in [0.25, 0.3) is 0 Å². The minimum absolute atomic E-state index is 0.0290. The Hall–Kier alpha value is -0.660. The topological polar surface area (TPSA) is 60.9 Å². The smallest absolute Gasteiger partial charge is 0.237 e. The summed E-state index contributed by atoms with van der Waals surface area (Å²) in [5.41, 5.74) is 0. The van der Waals surface area contributed by atoms with Crippen molar-refractivity contribution in [3.05, 3.63) is 0 Å². The Labute approximate surface area is 116 Å². The van der Waals surface area contributed by atoms with Crippen LogP contribution < -0.4 is 0 Å². The van der Waals surface area contributed by atoms with Gasteiger partial charge in [-0.15, -0.1) is 0 Å². The highest BCUT2D eigenvalue weighted by Gasteiger charge is 2.25. The SMILES string of the molecule is CCCN(CC(=O)N1CCN(CC)CC1)S(C)(=O)=O. The Morgan fingerprint density at radius 3 is 2.16 bits per heavy atom. The van der Waals surface area contributed by atoms with Crippen molar-refractivity contribution in [3.8, 4) is 0 Å². The number of carbonyl (C=O) groups is 1. The molecule has 0 spiro atoms. The summed E-state index contributed by atoms with van der Waals surface area (Å²) in [6.07, 6.45) is 1.87. The predicted molar refractivity (Wildman–Crippen MR) is 75.4 cm³/mol. The number of rotatable bonds is 6. The Morgan fingerprint density at radius 2 is 1.74 bits per heavy atom. The Morgan fingerprint density at radius 1 is 1.16 bits per heavy atom. The van der Waals surface area contributed by atoms with Gasteiger partial charge in [-0.05, 0) is 13.0 Å². The molecule has 0 bridgehead atoms. The highest BCUT2D eigenvalue weighted by atomic mass is 32.2. The van der Waals surface area contributed by atoms with Gasteiger partial charge >= 0.3 is 0 Å². The molecule has 1 saturated heterocycles. The maximum absolute atomic E-state index is 12.1. The van der Waals surface area contributed by atoms with E-state index < -0.39 is 10.0 Å². The molecule has 1 aliphatic heterocycles. The van der Waals surface area contributed by atoms with Crippen LogP contribution in [0, 0.1) is 0 Å². The number of piperazine rings is 1. The lowest BCUT2D eigenvalue weighted by Gasteiger charge is -2.35. The fourth-order valence-electron chi connectivity index (χ4n) is 2.18. The molecule has 0 aliphatic carbocycles. The van der Waals surface area contributed by atoms with Gasteiger partial charge < -0.3 is 9.80 Å². The van der Waals surface area contributed by atoms with Crippen LogP contribution in [-0.4, -0.2) is 80.5 Å². The Kier molecular flexibility index (Phi) is 6.22. The van der Waals surface area contributed by atoms with E-state index in [-0.39, 0.29) is 12.5 Å². The number of nitrogens with zero attached hydrogens (tertiary/aromatic N) is 3. The summed E-state index contributed by atoms with van der Waals surface area (Å²) in [5, 5.41) is 0. The third-order valence-corrected chi connectivity index (χ3v) is 4.68. The van der Waals surface area contributed by atoms with Crippen molar-refractivity contribution < 1.29 is 13.2 Å². The number of hydrogen-bond donors (Lipinski definition) is 0. The molecule has 7 heteroatoms. The highest BCUT2D eigenvalue weighted by Crippen LogP contribution is 2.05. The van der Waals surface area contributed by atoms with E-state index in [2.05, 4.69) is 11.8 Å². The van der Waals surface area contributed by atoms with Crippen molar-refractivity contribution in [2.45, 2.75) is 20.3 Å². The molecular formula is C12H25N3O3S. The average molecular weight is 291 g/mol. The van der Waals surface area contributed by atoms with E-state index >= 15 is 0 Å². The van der Waals surface area contributed by atoms with E-state index in [1.165, 1.54) is 4.31 Å². The summed E-state index contributed by atoms with van der Waals surface area (Å²) in [6.45, 7) is 8.50. The van der Waals surface area contributed by atoms with Gasteiger partial charge in [-0.1, -0.05) is 13.8 Å². The first-order valence-electron chi connectivity index (χ1n) is 6.83. The van der Waals surface area contributed by atoms with Crippen LogP contribution in [0.4, 0.5) is 0 Å². The van der Waals surface area contributed by atoms with Gasteiger partial charge in [0, 0.05) is 32.7 Å². The van der Waals surface area contributed by atoms with Crippen LogP contribution >= 0.6 is 0 Å². The summed E-state index contributed by atoms with van der Waals surface area (Å²) < 4.78 is 24.4. The minimum atomic E-state index is -3.30. The molecule has 0 unspecified atom stereocenters. The lowest BCUT2D eigenvalue weighted by atomic mass is 10.3. The van der Waals surface area contributed by atoms with Crippen molar-refractivity contribution >= 4 is 15.9 Å². The molecule has 0 atom stereocenters. The van der Waals surface area contributed by atoms with Gasteiger partial charge in [-0.25, -0.2) is 8.42 Å². The van der Waals surface area contributed by atoms with Crippen molar-refractivity contribution in [1.29, 1.82) is 0 Å². The molecule has 0 radical (unpaired) electrons. The molecule has 1 amide bonds. The first-order valence-corrected chi connectivity index (χ1v) is 8.68. The number of hydrogen-bond acceptors (Lipinski definition) is 4. The summed E-state index contributed by atoms with van der Waals surface area (Å²) in [6, 6.07) is 0. The standard InChI is InChI=1S/C12H25N3O3S/c1-4-6-15(19(3,17)18)11-12(16)14-9-7-13(5-2)8-10-14/h4-11H2,1-3H3. The lowest BCUT2D eigenvalue weighted by Crippen LogP contribution is -2.51. The second kappa shape index (κ2) is 7.21. The fourth-order valence-corrected chi connectivity index (χ4v) is 3.04. The largest absolute Gasteiger partial charge is 0.339 e. The molecule has 0 aromatic heterocycles. The quantitative estimate of drug-likeness (QED) is 0.681. The second-order valence-corrected chi connectivity index (χ2v) is 6.89. The summed E-state index contributed by atoms with van der Waals surface area (Å²) >= 11 is 0. The number of sulfonamides is 1. The Bertz CT molecular complexity index is 389. The highest BCUT2D eigenvalue weighted by molar-refractivity contribution is 7.88. The summed E-state index contributed by atoms with van der Waals surface area (Å²) in [4.78, 5) is 16.2. The Balaban J connectivity index is 2.54. The van der Waals surface area contributed by atoms with Crippen LogP contribution in [0.15, 0.2) is 0 Å². The zero-order chi connectivity index (χ0) is 14.5. The number of amides is 1. The molecule has 1 rings (SSSR count). The molecule has 0 aromatic carbocycles. The third-order valence-electron chi connectivity index (χ3n) is 3.43. The molecule has 1 aliphatic rings. The minimum Gasteiger partial charge on any atom is -0.339 e. The number of carbonyl (C=O) groups excluding carboxylic acids is 1. The van der Waals surface area contributed by atoms with Crippen molar-refractivity contribution in [3.63, 3.8) is 0 Å². The van der Waals surface area contributed by atoms with Gasteiger partial charge in [-0.2, -0.15) is 4.31 Å². The normalized spacial score (nSPS) is 18.0. The van der Waals surface area contributed by atoms with Crippen LogP contribution in [0.3, 0.4) is 0 Å². The molecule has 19 heavy (non-hydrogen) atoms. The van der Waals surface area contributed by atoms with Gasteiger partial charge in [0.2, 0.25) is 15.9 Å². The zero-order valence-electron chi connectivity index (χ0n) is 12.1. The zero-order valence-corrected chi connectivity index (χ0v) is 12.9. The van der Waals surface area contributed by atoms with E-state index in [0.29, 0.717) is 26.1 Å². The maximum Gasteiger partial charge on any atom is 0.237 e. The van der Waals surface area contributed by atoms with Gasteiger partial charge in [0.05, 0.1) is 12.8 Å². The molecule has 1 fully saturated rings. The molecule has 112 valence electrons. The predicted octanol–water partition coefficient (Wildman–Crippen LogP) is -0.178. The molecular weight excluding hydrogens is 266 g/mol. The fraction of sp³-hybridized carbons (Fsp3) is 0.917. The van der Waals surface area contributed by atoms with Crippen LogP contribution in [0.1, 0.15) is 20.3 Å². The van der Waals surface area contributed by atoms with Crippen molar-refractivity contribution in [1.82, 2.24) is 14.1 Å². The van der Waals surface area contributed by atoms with Crippen molar-refractivity contribution in [2.75, 3.05) is 52.1 Å². The van der Waals surface area contributed by atoms with Crippen LogP contribution in [-0.2, 0) is 14.8 Å². The maximum atomic E-state index is 12.1. The summed E-state index contributed by atoms with van der Waals surface area (Å²) in [7, 11) is -3.30. The molecule has 1 heterocycles. The first-order chi connectivity index (χ1) is 8.88. The molecule has 0 aromatic rings. The van der Waals surface area contributed by atoms with Crippen LogP contribution in [0.25, 0.3) is 0 Å². The monoisotopic (exact) mass is 291 g/mol. The van der Waals surface area contributed by atoms with E-state index in [1.807, 2.05) is 6.92 Å². The molecule has 0 N–H and O–H groups in total. The van der Waals surface area contributed by atoms with Crippen molar-refractivity contribution in [2.24, 2.45) is 0 Å².